The quantitative estimate of drug-likeness (QED) is 0.830. The van der Waals surface area contributed by atoms with Crippen LogP contribution in [0.3, 0.4) is 0 Å². The van der Waals surface area contributed by atoms with E-state index in [1.54, 1.807) is 7.11 Å². The maximum absolute atomic E-state index is 5.58. The lowest BCUT2D eigenvalue weighted by Gasteiger charge is -2.23. The fraction of sp³-hybridized carbons (Fsp3) is 0.667. The zero-order chi connectivity index (χ0) is 15.0. The first kappa shape index (κ1) is 15.4. The van der Waals surface area contributed by atoms with Gasteiger partial charge in [-0.25, -0.2) is 0 Å². The summed E-state index contributed by atoms with van der Waals surface area (Å²) >= 11 is 0. The number of hydrogen-bond acceptors (Lipinski definition) is 2. The average Bonchev–Trinajstić information content (AvgIpc) is 2.82. The molecule has 0 bridgehead atoms. The van der Waals surface area contributed by atoms with Gasteiger partial charge in [-0.1, -0.05) is 52.8 Å². The van der Waals surface area contributed by atoms with E-state index < -0.39 is 0 Å². The number of benzene rings is 1. The summed E-state index contributed by atoms with van der Waals surface area (Å²) in [5.41, 5.74) is 2.02. The highest BCUT2D eigenvalue weighted by molar-refractivity contribution is 5.39. The van der Waals surface area contributed by atoms with Gasteiger partial charge in [-0.2, -0.15) is 0 Å². The van der Waals surface area contributed by atoms with E-state index in [4.69, 9.17) is 4.74 Å². The largest absolute Gasteiger partial charge is 0.496 e. The first-order valence-corrected chi connectivity index (χ1v) is 7.74. The molecular formula is C18H29NO. The molecule has 2 rings (SSSR count). The Morgan fingerprint density at radius 3 is 2.25 bits per heavy atom. The normalized spacial score (nSPS) is 21.5. The Morgan fingerprint density at radius 2 is 1.75 bits per heavy atom. The van der Waals surface area contributed by atoms with Gasteiger partial charge in [0, 0.05) is 11.6 Å². The monoisotopic (exact) mass is 275 g/mol. The minimum absolute atomic E-state index is 0.360. The molecule has 1 aliphatic rings. The third kappa shape index (κ3) is 2.35. The number of ether oxygens (including phenoxy) is 1. The van der Waals surface area contributed by atoms with Crippen molar-refractivity contribution in [3.63, 3.8) is 0 Å². The molecule has 0 amide bonds. The van der Waals surface area contributed by atoms with Gasteiger partial charge in [0.05, 0.1) is 7.11 Å². The van der Waals surface area contributed by atoms with E-state index in [1.807, 2.05) is 6.07 Å². The Morgan fingerprint density at radius 1 is 1.15 bits per heavy atom. The standard InChI is InChI=1S/C18H29NO/c1-7-12-19-15(16-17(2,3)18(16,4)5)13-10-8-9-11-14(13)20-6/h8-11,15-16,19H,7,12H2,1-6H3. The zero-order valence-corrected chi connectivity index (χ0v) is 13.8. The molecule has 1 saturated carbocycles. The highest BCUT2D eigenvalue weighted by Crippen LogP contribution is 2.72. The lowest BCUT2D eigenvalue weighted by molar-refractivity contribution is 0.370. The first-order chi connectivity index (χ1) is 9.37. The van der Waals surface area contributed by atoms with E-state index in [0.717, 1.165) is 18.7 Å². The molecular weight excluding hydrogens is 246 g/mol. The molecule has 112 valence electrons. The SMILES string of the molecule is CCCNC(c1ccccc1OC)C1C(C)(C)C1(C)C. The highest BCUT2D eigenvalue weighted by Gasteiger charge is 2.67. The van der Waals surface area contributed by atoms with Crippen LogP contribution in [-0.4, -0.2) is 13.7 Å². The fourth-order valence-electron chi connectivity index (χ4n) is 3.71. The molecule has 0 aromatic heterocycles. The van der Waals surface area contributed by atoms with Crippen LogP contribution < -0.4 is 10.1 Å². The summed E-state index contributed by atoms with van der Waals surface area (Å²) in [6, 6.07) is 8.80. The number of hydrogen-bond donors (Lipinski definition) is 1. The molecule has 0 saturated heterocycles. The van der Waals surface area contributed by atoms with E-state index in [9.17, 15) is 0 Å². The average molecular weight is 275 g/mol. The Kier molecular flexibility index (Phi) is 4.15. The predicted octanol–water partition coefficient (Wildman–Crippen LogP) is 4.42. The Balaban J connectivity index is 2.34. The number of nitrogens with one attached hydrogen (secondary N) is 1. The Bertz CT molecular complexity index is 450. The van der Waals surface area contributed by atoms with Crippen molar-refractivity contribution in [3.05, 3.63) is 29.8 Å². The molecule has 1 atom stereocenters. The Hall–Kier alpha value is -1.02. The molecule has 1 aromatic carbocycles. The van der Waals surface area contributed by atoms with Gasteiger partial charge in [0.25, 0.3) is 0 Å². The third-order valence-electron chi connectivity index (χ3n) is 5.55. The molecule has 20 heavy (non-hydrogen) atoms. The van der Waals surface area contributed by atoms with Gasteiger partial charge in [-0.05, 0) is 35.8 Å². The van der Waals surface area contributed by atoms with Crippen LogP contribution in [0.4, 0.5) is 0 Å². The van der Waals surface area contributed by atoms with Crippen molar-refractivity contribution in [2.75, 3.05) is 13.7 Å². The van der Waals surface area contributed by atoms with Gasteiger partial charge in [0.2, 0.25) is 0 Å². The predicted molar refractivity (Wildman–Crippen MR) is 85.1 cm³/mol. The second-order valence-electron chi connectivity index (χ2n) is 7.09. The van der Waals surface area contributed by atoms with Crippen molar-refractivity contribution >= 4 is 0 Å². The van der Waals surface area contributed by atoms with Crippen molar-refractivity contribution < 1.29 is 4.74 Å². The summed E-state index contributed by atoms with van der Waals surface area (Å²) in [5.74, 6) is 1.64. The van der Waals surface area contributed by atoms with E-state index in [2.05, 4.69) is 58.1 Å². The van der Waals surface area contributed by atoms with Crippen LogP contribution in [0, 0.1) is 16.7 Å². The highest BCUT2D eigenvalue weighted by atomic mass is 16.5. The topological polar surface area (TPSA) is 21.3 Å². The lowest BCUT2D eigenvalue weighted by atomic mass is 9.95. The van der Waals surface area contributed by atoms with Gasteiger partial charge in [0.1, 0.15) is 5.75 Å². The second-order valence-corrected chi connectivity index (χ2v) is 7.09. The second kappa shape index (κ2) is 5.40. The van der Waals surface area contributed by atoms with Crippen molar-refractivity contribution in [3.8, 4) is 5.75 Å². The summed E-state index contributed by atoms with van der Waals surface area (Å²) in [7, 11) is 1.76. The van der Waals surface area contributed by atoms with E-state index in [1.165, 1.54) is 5.56 Å². The van der Waals surface area contributed by atoms with Crippen molar-refractivity contribution in [1.29, 1.82) is 0 Å². The maximum Gasteiger partial charge on any atom is 0.123 e. The minimum Gasteiger partial charge on any atom is -0.496 e. The lowest BCUT2D eigenvalue weighted by Crippen LogP contribution is -2.26. The first-order valence-electron chi connectivity index (χ1n) is 7.74. The minimum atomic E-state index is 0.360. The summed E-state index contributed by atoms with van der Waals surface area (Å²) < 4.78 is 5.58. The van der Waals surface area contributed by atoms with Gasteiger partial charge < -0.3 is 10.1 Å². The number of para-hydroxylation sites is 1. The van der Waals surface area contributed by atoms with E-state index in [-0.39, 0.29) is 0 Å². The van der Waals surface area contributed by atoms with E-state index >= 15 is 0 Å². The molecule has 1 fully saturated rings. The molecule has 1 unspecified atom stereocenters. The van der Waals surface area contributed by atoms with Crippen LogP contribution in [0.2, 0.25) is 0 Å². The van der Waals surface area contributed by atoms with Crippen LogP contribution in [0.5, 0.6) is 5.75 Å². The molecule has 0 spiro atoms. The number of methoxy groups -OCH3 is 1. The summed E-state index contributed by atoms with van der Waals surface area (Å²) in [6.45, 7) is 12.8. The Labute approximate surface area is 123 Å². The molecule has 0 heterocycles. The van der Waals surface area contributed by atoms with Crippen molar-refractivity contribution in [1.82, 2.24) is 5.32 Å². The van der Waals surface area contributed by atoms with Crippen LogP contribution in [0.25, 0.3) is 0 Å². The van der Waals surface area contributed by atoms with Crippen molar-refractivity contribution in [2.45, 2.75) is 47.1 Å². The van der Waals surface area contributed by atoms with Crippen LogP contribution in [-0.2, 0) is 0 Å². The molecule has 2 heteroatoms. The molecule has 1 aromatic rings. The summed E-state index contributed by atoms with van der Waals surface area (Å²) in [5, 5.41) is 3.75. The summed E-state index contributed by atoms with van der Waals surface area (Å²) in [4.78, 5) is 0. The van der Waals surface area contributed by atoms with Gasteiger partial charge in [-0.3, -0.25) is 0 Å². The van der Waals surface area contributed by atoms with Crippen molar-refractivity contribution in [2.24, 2.45) is 16.7 Å². The van der Waals surface area contributed by atoms with Crippen LogP contribution in [0.1, 0.15) is 52.6 Å². The zero-order valence-electron chi connectivity index (χ0n) is 13.8. The van der Waals surface area contributed by atoms with Crippen LogP contribution >= 0.6 is 0 Å². The van der Waals surface area contributed by atoms with E-state index in [0.29, 0.717) is 22.8 Å². The molecule has 1 aliphatic carbocycles. The molecule has 1 N–H and O–H groups in total. The van der Waals surface area contributed by atoms with Gasteiger partial charge in [-0.15, -0.1) is 0 Å². The smallest absolute Gasteiger partial charge is 0.123 e. The third-order valence-corrected chi connectivity index (χ3v) is 5.55. The fourth-order valence-corrected chi connectivity index (χ4v) is 3.71. The molecule has 0 aliphatic heterocycles. The van der Waals surface area contributed by atoms with Gasteiger partial charge in [0.15, 0.2) is 0 Å². The number of rotatable bonds is 6. The van der Waals surface area contributed by atoms with Crippen LogP contribution in [0.15, 0.2) is 24.3 Å². The molecule has 0 radical (unpaired) electrons. The van der Waals surface area contributed by atoms with Gasteiger partial charge >= 0.3 is 0 Å². The molecule has 2 nitrogen and oxygen atoms in total. The maximum atomic E-state index is 5.58. The summed E-state index contributed by atoms with van der Waals surface area (Å²) in [6.07, 6.45) is 1.15.